The first-order valence-corrected chi connectivity index (χ1v) is 14.7. The number of hydrogen-bond donors (Lipinski definition) is 3. The minimum Gasteiger partial charge on any atom is -0.481 e. The summed E-state index contributed by atoms with van der Waals surface area (Å²) in [6.45, 7) is 2.65. The number of anilines is 1. The third-order valence-corrected chi connectivity index (χ3v) is 9.52. The lowest BCUT2D eigenvalue weighted by molar-refractivity contribution is -0.127. The number of amides is 2. The zero-order valence-electron chi connectivity index (χ0n) is 23.2. The van der Waals surface area contributed by atoms with Gasteiger partial charge < -0.3 is 25.2 Å². The summed E-state index contributed by atoms with van der Waals surface area (Å²) >= 11 is 6.57. The van der Waals surface area contributed by atoms with Crippen LogP contribution in [0.5, 0.6) is 5.88 Å². The molecule has 42 heavy (non-hydrogen) atoms. The maximum absolute atomic E-state index is 14.4. The highest BCUT2D eigenvalue weighted by Gasteiger charge is 2.54. The smallest absolute Gasteiger partial charge is 0.272 e. The summed E-state index contributed by atoms with van der Waals surface area (Å²) in [5, 5.41) is 14.0. The van der Waals surface area contributed by atoms with Crippen molar-refractivity contribution in [2.75, 3.05) is 31.6 Å². The van der Waals surface area contributed by atoms with Crippen molar-refractivity contribution in [3.8, 4) is 17.1 Å². The number of carbonyl (C=O) groups is 2. The lowest BCUT2D eigenvalue weighted by Gasteiger charge is -2.39. The Kier molecular flexibility index (Phi) is 6.77. The minimum atomic E-state index is -0.560. The number of nitrogens with zero attached hydrogens (tertiary/aromatic N) is 5. The van der Waals surface area contributed by atoms with Crippen molar-refractivity contribution >= 4 is 29.1 Å². The van der Waals surface area contributed by atoms with Crippen molar-refractivity contribution in [2.45, 2.75) is 56.3 Å². The highest BCUT2D eigenvalue weighted by molar-refractivity contribution is 6.31. The number of fused-ring (bicyclic) bond motifs is 2. The molecular formula is C29H32ClFN8O3. The average Bonchev–Trinajstić information content (AvgIpc) is 3.37. The van der Waals surface area contributed by atoms with Crippen LogP contribution in [-0.4, -0.2) is 81.2 Å². The Bertz CT molecular complexity index is 1540. The van der Waals surface area contributed by atoms with Gasteiger partial charge in [-0.15, -0.1) is 0 Å². The van der Waals surface area contributed by atoms with E-state index in [4.69, 9.17) is 16.3 Å². The van der Waals surface area contributed by atoms with Gasteiger partial charge >= 0.3 is 0 Å². The first-order chi connectivity index (χ1) is 20.3. The van der Waals surface area contributed by atoms with E-state index < -0.39 is 5.82 Å². The lowest BCUT2D eigenvalue weighted by Crippen LogP contribution is -2.50. The normalized spacial score (nSPS) is 23.8. The summed E-state index contributed by atoms with van der Waals surface area (Å²) in [4.78, 5) is 39.3. The van der Waals surface area contributed by atoms with E-state index in [0.717, 1.165) is 44.2 Å². The molecule has 3 aromatic heterocycles. The van der Waals surface area contributed by atoms with Crippen molar-refractivity contribution in [2.24, 2.45) is 5.92 Å². The number of piperidine rings is 1. The molecule has 4 fully saturated rings. The Hall–Kier alpha value is -3.77. The molecule has 13 heteroatoms. The van der Waals surface area contributed by atoms with Gasteiger partial charge in [0.1, 0.15) is 5.69 Å². The molecule has 3 aromatic rings. The minimum absolute atomic E-state index is 0.0517. The van der Waals surface area contributed by atoms with Gasteiger partial charge in [-0.25, -0.2) is 9.37 Å². The topological polar surface area (TPSA) is 128 Å². The van der Waals surface area contributed by atoms with Crippen LogP contribution in [0.15, 0.2) is 30.6 Å². The average molecular weight is 595 g/mol. The van der Waals surface area contributed by atoms with Crippen LogP contribution in [0.3, 0.4) is 0 Å². The van der Waals surface area contributed by atoms with E-state index in [0.29, 0.717) is 47.9 Å². The second-order valence-corrected chi connectivity index (χ2v) is 12.1. The number of nitrogens with one attached hydrogen (secondary N) is 3. The van der Waals surface area contributed by atoms with Crippen molar-refractivity contribution in [3.63, 3.8) is 0 Å². The predicted octanol–water partition coefficient (Wildman–Crippen LogP) is 2.92. The lowest BCUT2D eigenvalue weighted by atomic mass is 9.88. The van der Waals surface area contributed by atoms with E-state index in [1.807, 2.05) is 17.2 Å². The van der Waals surface area contributed by atoms with Crippen LogP contribution >= 0.6 is 11.6 Å². The van der Waals surface area contributed by atoms with Crippen LogP contribution in [0.1, 0.15) is 48.3 Å². The highest BCUT2D eigenvalue weighted by atomic mass is 35.5. The maximum atomic E-state index is 14.4. The van der Waals surface area contributed by atoms with E-state index >= 15 is 0 Å². The predicted molar refractivity (Wildman–Crippen MR) is 153 cm³/mol. The Morgan fingerprint density at radius 3 is 2.81 bits per heavy atom. The van der Waals surface area contributed by atoms with Gasteiger partial charge in [0.05, 0.1) is 48.1 Å². The van der Waals surface area contributed by atoms with E-state index in [2.05, 4.69) is 35.7 Å². The van der Waals surface area contributed by atoms with Gasteiger partial charge in [0, 0.05) is 54.8 Å². The highest BCUT2D eigenvalue weighted by Crippen LogP contribution is 2.50. The molecule has 3 aliphatic heterocycles. The van der Waals surface area contributed by atoms with E-state index in [9.17, 15) is 14.0 Å². The summed E-state index contributed by atoms with van der Waals surface area (Å²) in [5.41, 5.74) is 2.07. The first kappa shape index (κ1) is 27.1. The molecule has 0 aromatic carbocycles. The number of aromatic amines is 1. The molecule has 220 valence electrons. The monoisotopic (exact) mass is 594 g/mol. The molecule has 2 amide bonds. The summed E-state index contributed by atoms with van der Waals surface area (Å²) in [5.74, 6) is -0.775. The zero-order valence-corrected chi connectivity index (χ0v) is 24.0. The Labute approximate surface area is 247 Å². The Morgan fingerprint density at radius 1 is 1.24 bits per heavy atom. The molecule has 0 radical (unpaired) electrons. The van der Waals surface area contributed by atoms with Crippen LogP contribution in [0.25, 0.3) is 11.3 Å². The number of ether oxygens (including phenoxy) is 1. The standard InChI is InChI=1S/C29H32ClFN8O3/c1-42-26-8-20(22(31)13-34-26)23-9-24(37-36-23)28(41)39-5-2-16(10-29(39)3-4-29)27(40)35-14-25-21(30)7-19(12-33-25)38-15-17-6-18(38)11-32-17/h7-9,12-13,16-18,32H,2-6,10-11,14-15H2,1H3,(H,35,40)(H,36,37)/t16?,17-,18-/m0/s1. The summed E-state index contributed by atoms with van der Waals surface area (Å²) in [7, 11) is 1.45. The second kappa shape index (κ2) is 10.5. The maximum Gasteiger partial charge on any atom is 0.272 e. The largest absolute Gasteiger partial charge is 0.481 e. The van der Waals surface area contributed by atoms with Gasteiger partial charge in [-0.2, -0.15) is 5.10 Å². The first-order valence-electron chi connectivity index (χ1n) is 14.3. The van der Waals surface area contributed by atoms with Crippen molar-refractivity contribution in [1.82, 2.24) is 35.7 Å². The number of carbonyl (C=O) groups excluding carboxylic acids is 2. The van der Waals surface area contributed by atoms with E-state index in [1.54, 1.807) is 6.07 Å². The molecule has 2 bridgehead atoms. The molecule has 3 saturated heterocycles. The number of halogens is 2. The molecule has 3 atom stereocenters. The molecule has 1 unspecified atom stereocenters. The van der Waals surface area contributed by atoms with Gasteiger partial charge in [-0.1, -0.05) is 11.6 Å². The number of hydrogen-bond acceptors (Lipinski definition) is 8. The van der Waals surface area contributed by atoms with Gasteiger partial charge in [0.2, 0.25) is 11.8 Å². The van der Waals surface area contributed by atoms with Gasteiger partial charge in [-0.05, 0) is 44.2 Å². The molecule has 3 N–H and O–H groups in total. The number of rotatable bonds is 7. The number of piperazine rings is 1. The fourth-order valence-electron chi connectivity index (χ4n) is 6.73. The van der Waals surface area contributed by atoms with Gasteiger partial charge in [0.15, 0.2) is 5.82 Å². The van der Waals surface area contributed by atoms with Crippen LogP contribution in [0.2, 0.25) is 5.02 Å². The Balaban J connectivity index is 0.969. The summed E-state index contributed by atoms with van der Waals surface area (Å²) < 4.78 is 19.5. The molecule has 7 rings (SSSR count). The molecule has 6 heterocycles. The van der Waals surface area contributed by atoms with Crippen LogP contribution in [-0.2, 0) is 11.3 Å². The molecule has 1 saturated carbocycles. The van der Waals surface area contributed by atoms with Crippen molar-refractivity contribution in [1.29, 1.82) is 0 Å². The Morgan fingerprint density at radius 2 is 2.10 bits per heavy atom. The van der Waals surface area contributed by atoms with Crippen molar-refractivity contribution in [3.05, 3.63) is 52.8 Å². The fourth-order valence-corrected chi connectivity index (χ4v) is 6.96. The van der Waals surface area contributed by atoms with Gasteiger partial charge in [-0.3, -0.25) is 19.7 Å². The third kappa shape index (κ3) is 4.86. The second-order valence-electron chi connectivity index (χ2n) is 11.7. The summed E-state index contributed by atoms with van der Waals surface area (Å²) in [6, 6.07) is 5.94. The number of H-pyrrole nitrogens is 1. The van der Waals surface area contributed by atoms with E-state index in [-0.39, 0.29) is 47.0 Å². The van der Waals surface area contributed by atoms with E-state index in [1.165, 1.54) is 13.2 Å². The number of aromatic nitrogens is 4. The molecular weight excluding hydrogens is 563 g/mol. The quantitative estimate of drug-likeness (QED) is 0.381. The van der Waals surface area contributed by atoms with Crippen molar-refractivity contribution < 1.29 is 18.7 Å². The molecule has 11 nitrogen and oxygen atoms in total. The van der Waals surface area contributed by atoms with Crippen LogP contribution in [0.4, 0.5) is 10.1 Å². The molecule has 1 spiro atoms. The number of pyridine rings is 2. The number of likely N-dealkylation sites (tertiary alicyclic amines) is 1. The van der Waals surface area contributed by atoms with Gasteiger partial charge in [0.25, 0.3) is 5.91 Å². The third-order valence-electron chi connectivity index (χ3n) is 9.19. The van der Waals surface area contributed by atoms with Crippen LogP contribution in [0, 0.1) is 11.7 Å². The molecule has 1 aliphatic carbocycles. The number of methoxy groups -OCH3 is 1. The fraction of sp³-hybridized carbons (Fsp3) is 0.483. The molecule has 4 aliphatic rings. The SMILES string of the molecule is COc1cc(-c2cc(C(=O)N3CCC(C(=O)NCc4ncc(N5C[C@@H]6C[C@H]5CN6)cc4Cl)CC34CC4)[nH]n2)c(F)cn1. The zero-order chi connectivity index (χ0) is 29.0. The van der Waals surface area contributed by atoms with Crippen LogP contribution < -0.4 is 20.3 Å². The summed E-state index contributed by atoms with van der Waals surface area (Å²) in [6.07, 6.45) is 6.86.